The third-order valence-corrected chi connectivity index (χ3v) is 2.39. The molecule has 1 rings (SSSR count). The number of rotatable bonds is 6. The quantitative estimate of drug-likeness (QED) is 0.317. The first kappa shape index (κ1) is 16.5. The highest BCUT2D eigenvalue weighted by molar-refractivity contribution is 5.84. The SMILES string of the molecule is CC(O)N(C(=O)Cn1nc([N+](=O)[O-])nc1C(=O)O)C(C)O. The fourth-order valence-corrected chi connectivity index (χ4v) is 1.61. The highest BCUT2D eigenvalue weighted by Gasteiger charge is 2.31. The minimum atomic E-state index is -1.61. The van der Waals surface area contributed by atoms with Gasteiger partial charge in [0, 0.05) is 5.10 Å². The molecule has 0 bridgehead atoms. The number of amides is 1. The van der Waals surface area contributed by atoms with Crippen LogP contribution in [0.5, 0.6) is 0 Å². The normalized spacial score (nSPS) is 13.5. The van der Waals surface area contributed by atoms with Crippen molar-refractivity contribution in [2.24, 2.45) is 0 Å². The zero-order chi connectivity index (χ0) is 16.3. The molecule has 1 amide bonds. The van der Waals surface area contributed by atoms with Crippen molar-refractivity contribution in [2.75, 3.05) is 0 Å². The van der Waals surface area contributed by atoms with Gasteiger partial charge in [0.25, 0.3) is 0 Å². The molecule has 1 heterocycles. The molecular weight excluding hydrogens is 290 g/mol. The lowest BCUT2D eigenvalue weighted by Gasteiger charge is -2.27. The molecule has 12 heteroatoms. The molecule has 21 heavy (non-hydrogen) atoms. The average molecular weight is 303 g/mol. The topological polar surface area (TPSA) is 172 Å². The molecule has 0 aliphatic carbocycles. The van der Waals surface area contributed by atoms with Gasteiger partial charge < -0.3 is 25.4 Å². The Morgan fingerprint density at radius 3 is 2.29 bits per heavy atom. The number of aromatic nitrogens is 3. The monoisotopic (exact) mass is 303 g/mol. The fourth-order valence-electron chi connectivity index (χ4n) is 1.61. The van der Waals surface area contributed by atoms with Crippen LogP contribution >= 0.6 is 0 Å². The van der Waals surface area contributed by atoms with Crippen LogP contribution < -0.4 is 0 Å². The number of carboxylic acid groups (broad SMARTS) is 1. The predicted octanol–water partition coefficient (Wildman–Crippen LogP) is -1.61. The van der Waals surface area contributed by atoms with Gasteiger partial charge in [0.1, 0.15) is 19.0 Å². The Kier molecular flexibility index (Phi) is 4.88. The number of aromatic carboxylic acids is 1. The second kappa shape index (κ2) is 6.23. The van der Waals surface area contributed by atoms with E-state index in [0.29, 0.717) is 9.58 Å². The molecule has 3 N–H and O–H groups in total. The van der Waals surface area contributed by atoms with Crippen molar-refractivity contribution < 1.29 is 29.8 Å². The van der Waals surface area contributed by atoms with E-state index in [0.717, 1.165) is 0 Å². The Bertz CT molecular complexity index is 559. The van der Waals surface area contributed by atoms with E-state index in [1.165, 1.54) is 13.8 Å². The second-order valence-corrected chi connectivity index (χ2v) is 4.02. The molecule has 1 aromatic heterocycles. The van der Waals surface area contributed by atoms with Crippen molar-refractivity contribution in [1.82, 2.24) is 19.7 Å². The van der Waals surface area contributed by atoms with Crippen LogP contribution in [-0.2, 0) is 11.3 Å². The highest BCUT2D eigenvalue weighted by Crippen LogP contribution is 2.09. The first-order chi connectivity index (χ1) is 9.65. The molecule has 0 aliphatic heterocycles. The zero-order valence-electron chi connectivity index (χ0n) is 11.1. The summed E-state index contributed by atoms with van der Waals surface area (Å²) in [6.07, 6.45) is -2.69. The molecule has 0 aromatic carbocycles. The number of carbonyl (C=O) groups excluding carboxylic acids is 1. The maximum absolute atomic E-state index is 11.9. The summed E-state index contributed by atoms with van der Waals surface area (Å²) in [4.78, 5) is 36.2. The van der Waals surface area contributed by atoms with Gasteiger partial charge >= 0.3 is 17.7 Å². The van der Waals surface area contributed by atoms with Crippen molar-refractivity contribution >= 4 is 17.8 Å². The molecule has 0 saturated heterocycles. The lowest BCUT2D eigenvalue weighted by atomic mass is 10.4. The Morgan fingerprint density at radius 1 is 1.38 bits per heavy atom. The molecular formula is C9H13N5O7. The molecule has 2 unspecified atom stereocenters. The van der Waals surface area contributed by atoms with Gasteiger partial charge in [-0.2, -0.15) is 4.68 Å². The van der Waals surface area contributed by atoms with E-state index in [9.17, 15) is 29.9 Å². The van der Waals surface area contributed by atoms with Gasteiger partial charge in [0.05, 0.1) is 0 Å². The largest absolute Gasteiger partial charge is 0.491 e. The summed E-state index contributed by atoms with van der Waals surface area (Å²) in [6, 6.07) is 0. The van der Waals surface area contributed by atoms with Crippen LogP contribution in [0, 0.1) is 10.1 Å². The summed E-state index contributed by atoms with van der Waals surface area (Å²) < 4.78 is 0.514. The van der Waals surface area contributed by atoms with E-state index in [4.69, 9.17) is 5.11 Å². The second-order valence-electron chi connectivity index (χ2n) is 4.02. The molecule has 1 aromatic rings. The molecule has 0 radical (unpaired) electrons. The molecule has 0 saturated carbocycles. The Labute approximate surface area is 117 Å². The molecule has 12 nitrogen and oxygen atoms in total. The van der Waals surface area contributed by atoms with Crippen molar-refractivity contribution in [2.45, 2.75) is 32.8 Å². The third kappa shape index (κ3) is 3.70. The van der Waals surface area contributed by atoms with E-state index >= 15 is 0 Å². The fraction of sp³-hybridized carbons (Fsp3) is 0.556. The summed E-state index contributed by atoms with van der Waals surface area (Å²) in [5, 5.41) is 41.4. The minimum absolute atomic E-state index is 0.514. The predicted molar refractivity (Wildman–Crippen MR) is 63.8 cm³/mol. The van der Waals surface area contributed by atoms with Crippen LogP contribution in [0.4, 0.5) is 5.95 Å². The van der Waals surface area contributed by atoms with Gasteiger partial charge in [0.15, 0.2) is 0 Å². The van der Waals surface area contributed by atoms with Crippen LogP contribution in [-0.4, -0.2) is 64.2 Å². The summed E-state index contributed by atoms with van der Waals surface area (Å²) in [5.74, 6) is -4.27. The minimum Gasteiger partial charge on any atom is -0.474 e. The number of aliphatic hydroxyl groups is 2. The first-order valence-electron chi connectivity index (χ1n) is 5.65. The lowest BCUT2D eigenvalue weighted by Crippen LogP contribution is -2.46. The van der Waals surface area contributed by atoms with Crippen LogP contribution in [0.1, 0.15) is 24.5 Å². The average Bonchev–Trinajstić information content (AvgIpc) is 2.71. The van der Waals surface area contributed by atoms with Gasteiger partial charge in [-0.3, -0.25) is 9.69 Å². The van der Waals surface area contributed by atoms with Crippen LogP contribution in [0.2, 0.25) is 0 Å². The first-order valence-corrected chi connectivity index (χ1v) is 5.65. The van der Waals surface area contributed by atoms with E-state index in [1.807, 2.05) is 0 Å². The van der Waals surface area contributed by atoms with Crippen molar-refractivity contribution in [3.05, 3.63) is 15.9 Å². The van der Waals surface area contributed by atoms with E-state index in [-0.39, 0.29) is 0 Å². The van der Waals surface area contributed by atoms with Crippen LogP contribution in [0.15, 0.2) is 0 Å². The zero-order valence-corrected chi connectivity index (χ0v) is 11.1. The van der Waals surface area contributed by atoms with Crippen LogP contribution in [0.25, 0.3) is 0 Å². The van der Waals surface area contributed by atoms with Gasteiger partial charge in [-0.1, -0.05) is 0 Å². The van der Waals surface area contributed by atoms with Crippen molar-refractivity contribution in [1.29, 1.82) is 0 Å². The Balaban J connectivity index is 3.09. The molecule has 0 aliphatic rings. The molecule has 0 spiro atoms. The van der Waals surface area contributed by atoms with Crippen molar-refractivity contribution in [3.63, 3.8) is 0 Å². The summed E-state index contributed by atoms with van der Waals surface area (Å²) >= 11 is 0. The van der Waals surface area contributed by atoms with Gasteiger partial charge in [-0.25, -0.2) is 4.79 Å². The number of hydrogen-bond acceptors (Lipinski definition) is 8. The van der Waals surface area contributed by atoms with E-state index < -0.39 is 47.6 Å². The number of nitrogens with zero attached hydrogens (tertiary/aromatic N) is 5. The van der Waals surface area contributed by atoms with E-state index in [1.54, 1.807) is 0 Å². The third-order valence-electron chi connectivity index (χ3n) is 2.39. The standard InChI is InChI=1S/C9H13N5O7/c1-4(15)13(5(2)16)6(17)3-12-7(8(18)19)10-9(11-12)14(20)21/h4-5,15-16H,3H2,1-2H3,(H,18,19). The number of hydrogen-bond donors (Lipinski definition) is 3. The number of nitro groups is 1. The van der Waals surface area contributed by atoms with E-state index in [2.05, 4.69) is 10.1 Å². The summed E-state index contributed by atoms with van der Waals surface area (Å²) in [5.41, 5.74) is 0. The number of carboxylic acids is 1. The highest BCUT2D eigenvalue weighted by atomic mass is 16.6. The summed E-state index contributed by atoms with van der Waals surface area (Å²) in [6.45, 7) is 1.69. The van der Waals surface area contributed by atoms with Gasteiger partial charge in [-0.05, 0) is 23.8 Å². The smallest absolute Gasteiger partial charge is 0.474 e. The maximum Gasteiger partial charge on any atom is 0.491 e. The van der Waals surface area contributed by atoms with Gasteiger partial charge in [-0.15, -0.1) is 0 Å². The number of aliphatic hydroxyl groups excluding tert-OH is 2. The molecule has 2 atom stereocenters. The van der Waals surface area contributed by atoms with Crippen LogP contribution in [0.3, 0.4) is 0 Å². The summed E-state index contributed by atoms with van der Waals surface area (Å²) in [7, 11) is 0. The Morgan fingerprint density at radius 2 is 1.90 bits per heavy atom. The lowest BCUT2D eigenvalue weighted by molar-refractivity contribution is -0.394. The molecule has 116 valence electrons. The van der Waals surface area contributed by atoms with Crippen molar-refractivity contribution in [3.8, 4) is 0 Å². The molecule has 0 fully saturated rings. The number of carbonyl (C=O) groups is 2. The Hall–Kier alpha value is -2.60. The van der Waals surface area contributed by atoms with Gasteiger partial charge in [0.2, 0.25) is 5.91 Å². The maximum atomic E-state index is 11.9.